The first-order chi connectivity index (χ1) is 14.7. The first kappa shape index (κ1) is 23.3. The molecule has 1 fully saturated rings. The molecule has 1 aliphatic rings. The van der Waals surface area contributed by atoms with Crippen LogP contribution in [0.3, 0.4) is 0 Å². The van der Waals surface area contributed by atoms with Crippen LogP contribution in [0.4, 0.5) is 11.4 Å². The molecule has 1 saturated heterocycles. The van der Waals surface area contributed by atoms with Gasteiger partial charge in [0.2, 0.25) is 0 Å². The molecule has 0 saturated carbocycles. The van der Waals surface area contributed by atoms with Gasteiger partial charge in [0.05, 0.1) is 13.1 Å². The van der Waals surface area contributed by atoms with E-state index in [9.17, 15) is 10.0 Å². The lowest BCUT2D eigenvalue weighted by atomic mass is 9.87. The van der Waals surface area contributed by atoms with Crippen molar-refractivity contribution in [2.45, 2.75) is 39.7 Å². The standard InChI is InChI=1S/C25H36N4O2/c1-5-27-14-16-28(17-15-27)19-24(30)29(31)18-20-6-10-22(11-7-20)26-23-12-8-21(9-13-23)25(2,3)4/h6-13,26,31H,5,14-19H2,1-4H3. The average Bonchev–Trinajstić information content (AvgIpc) is 2.75. The van der Waals surface area contributed by atoms with E-state index in [0.29, 0.717) is 0 Å². The number of amides is 1. The van der Waals surface area contributed by atoms with E-state index in [0.717, 1.165) is 54.7 Å². The van der Waals surface area contributed by atoms with Crippen LogP contribution >= 0.6 is 0 Å². The predicted octanol–water partition coefficient (Wildman–Crippen LogP) is 4.08. The summed E-state index contributed by atoms with van der Waals surface area (Å²) >= 11 is 0. The molecule has 1 amide bonds. The second kappa shape index (κ2) is 10.3. The summed E-state index contributed by atoms with van der Waals surface area (Å²) in [7, 11) is 0. The van der Waals surface area contributed by atoms with Gasteiger partial charge < -0.3 is 10.2 Å². The lowest BCUT2D eigenvalue weighted by molar-refractivity contribution is -0.169. The van der Waals surface area contributed by atoms with Gasteiger partial charge in [-0.25, -0.2) is 5.06 Å². The summed E-state index contributed by atoms with van der Waals surface area (Å²) < 4.78 is 0. The topological polar surface area (TPSA) is 59.0 Å². The number of hydrogen-bond donors (Lipinski definition) is 2. The van der Waals surface area contributed by atoms with Gasteiger partial charge in [-0.1, -0.05) is 52.0 Å². The second-order valence-electron chi connectivity index (χ2n) is 9.31. The van der Waals surface area contributed by atoms with E-state index in [1.165, 1.54) is 5.56 Å². The van der Waals surface area contributed by atoms with Crippen LogP contribution in [0, 0.1) is 0 Å². The van der Waals surface area contributed by atoms with Gasteiger partial charge in [-0.3, -0.25) is 14.9 Å². The van der Waals surface area contributed by atoms with E-state index >= 15 is 0 Å². The zero-order chi connectivity index (χ0) is 22.4. The quantitative estimate of drug-likeness (QED) is 0.518. The fraction of sp³-hybridized carbons (Fsp3) is 0.480. The zero-order valence-electron chi connectivity index (χ0n) is 19.3. The van der Waals surface area contributed by atoms with Crippen molar-refractivity contribution in [1.82, 2.24) is 14.9 Å². The van der Waals surface area contributed by atoms with Crippen LogP contribution in [0.2, 0.25) is 0 Å². The number of benzene rings is 2. The van der Waals surface area contributed by atoms with Gasteiger partial charge >= 0.3 is 0 Å². The van der Waals surface area contributed by atoms with E-state index in [-0.39, 0.29) is 24.4 Å². The SMILES string of the molecule is CCN1CCN(CC(=O)N(O)Cc2ccc(Nc3ccc(C(C)(C)C)cc3)cc2)CC1. The zero-order valence-corrected chi connectivity index (χ0v) is 19.3. The number of carbonyl (C=O) groups excluding carboxylic acids is 1. The number of hydrogen-bond acceptors (Lipinski definition) is 5. The highest BCUT2D eigenvalue weighted by atomic mass is 16.5. The first-order valence-electron chi connectivity index (χ1n) is 11.1. The van der Waals surface area contributed by atoms with Gasteiger partial charge in [-0.05, 0) is 47.4 Å². The Hall–Kier alpha value is -2.41. The van der Waals surface area contributed by atoms with Gasteiger partial charge in [-0.15, -0.1) is 0 Å². The van der Waals surface area contributed by atoms with Gasteiger partial charge in [0.25, 0.3) is 5.91 Å². The van der Waals surface area contributed by atoms with Gasteiger partial charge in [0.1, 0.15) is 0 Å². The van der Waals surface area contributed by atoms with Crippen LogP contribution in [0.1, 0.15) is 38.8 Å². The molecule has 2 aromatic rings. The molecule has 0 radical (unpaired) electrons. The number of likely N-dealkylation sites (N-methyl/N-ethyl adjacent to an activating group) is 1. The maximum atomic E-state index is 12.4. The van der Waals surface area contributed by atoms with Gasteiger partial charge in [0.15, 0.2) is 0 Å². The number of nitrogens with one attached hydrogen (secondary N) is 1. The van der Waals surface area contributed by atoms with Crippen molar-refractivity contribution in [2.24, 2.45) is 0 Å². The van der Waals surface area contributed by atoms with E-state index in [1.54, 1.807) is 0 Å². The van der Waals surface area contributed by atoms with E-state index in [2.05, 4.69) is 67.1 Å². The molecule has 1 aliphatic heterocycles. The Morgan fingerprint density at radius 1 is 0.935 bits per heavy atom. The molecule has 3 rings (SSSR count). The third-order valence-electron chi connectivity index (χ3n) is 5.88. The lowest BCUT2D eigenvalue weighted by Gasteiger charge is -2.34. The third-order valence-corrected chi connectivity index (χ3v) is 5.88. The Labute approximate surface area is 186 Å². The Bertz CT molecular complexity index is 835. The van der Waals surface area contributed by atoms with Crippen molar-refractivity contribution >= 4 is 17.3 Å². The largest absolute Gasteiger partial charge is 0.356 e. The van der Waals surface area contributed by atoms with Crippen LogP contribution in [0.15, 0.2) is 48.5 Å². The monoisotopic (exact) mass is 424 g/mol. The second-order valence-corrected chi connectivity index (χ2v) is 9.31. The molecule has 6 heteroatoms. The van der Waals surface area contributed by atoms with E-state index in [1.807, 2.05) is 24.3 Å². The lowest BCUT2D eigenvalue weighted by Crippen LogP contribution is -2.49. The molecular formula is C25H36N4O2. The number of piperazine rings is 1. The summed E-state index contributed by atoms with van der Waals surface area (Å²) in [6, 6.07) is 16.3. The minimum Gasteiger partial charge on any atom is -0.356 e. The summed E-state index contributed by atoms with van der Waals surface area (Å²) in [5.74, 6) is -0.258. The molecule has 2 aromatic carbocycles. The number of nitrogens with zero attached hydrogens (tertiary/aromatic N) is 3. The number of rotatable bonds is 7. The number of hydroxylamine groups is 2. The molecule has 0 aromatic heterocycles. The van der Waals surface area contributed by atoms with Crippen molar-refractivity contribution in [2.75, 3.05) is 44.6 Å². The molecule has 6 nitrogen and oxygen atoms in total. The van der Waals surface area contributed by atoms with E-state index in [4.69, 9.17) is 0 Å². The highest BCUT2D eigenvalue weighted by Crippen LogP contribution is 2.25. The smallest absolute Gasteiger partial charge is 0.260 e. The molecule has 0 spiro atoms. The Kier molecular flexibility index (Phi) is 7.70. The normalized spacial score (nSPS) is 15.6. The number of carbonyl (C=O) groups is 1. The molecule has 168 valence electrons. The molecule has 31 heavy (non-hydrogen) atoms. The predicted molar refractivity (Wildman–Crippen MR) is 126 cm³/mol. The van der Waals surface area contributed by atoms with E-state index < -0.39 is 0 Å². The minimum atomic E-state index is -0.258. The molecule has 0 aliphatic carbocycles. The molecule has 0 atom stereocenters. The summed E-state index contributed by atoms with van der Waals surface area (Å²) in [5.41, 5.74) is 4.32. The molecule has 0 bridgehead atoms. The molecular weight excluding hydrogens is 388 g/mol. The molecule has 1 heterocycles. The number of anilines is 2. The van der Waals surface area contributed by atoms with Crippen LogP contribution in [0.5, 0.6) is 0 Å². The summed E-state index contributed by atoms with van der Waals surface area (Å²) in [5, 5.41) is 14.5. The van der Waals surface area contributed by atoms with Crippen LogP contribution in [-0.4, -0.2) is 65.2 Å². The maximum Gasteiger partial charge on any atom is 0.260 e. The Morgan fingerprint density at radius 2 is 1.45 bits per heavy atom. The van der Waals surface area contributed by atoms with Gasteiger partial charge in [0, 0.05) is 37.6 Å². The van der Waals surface area contributed by atoms with Crippen molar-refractivity contribution in [3.63, 3.8) is 0 Å². The minimum absolute atomic E-state index is 0.137. The first-order valence-corrected chi connectivity index (χ1v) is 11.1. The summed E-state index contributed by atoms with van der Waals surface area (Å²) in [4.78, 5) is 16.9. The van der Waals surface area contributed by atoms with Crippen LogP contribution in [-0.2, 0) is 16.8 Å². The maximum absolute atomic E-state index is 12.4. The Balaban J connectivity index is 1.49. The van der Waals surface area contributed by atoms with Crippen molar-refractivity contribution in [3.8, 4) is 0 Å². The van der Waals surface area contributed by atoms with Crippen molar-refractivity contribution in [3.05, 3.63) is 59.7 Å². The fourth-order valence-corrected chi connectivity index (χ4v) is 3.71. The van der Waals surface area contributed by atoms with Crippen molar-refractivity contribution in [1.29, 1.82) is 0 Å². The fourth-order valence-electron chi connectivity index (χ4n) is 3.71. The van der Waals surface area contributed by atoms with Crippen molar-refractivity contribution < 1.29 is 10.0 Å². The average molecular weight is 425 g/mol. The highest BCUT2D eigenvalue weighted by molar-refractivity contribution is 5.77. The van der Waals surface area contributed by atoms with Gasteiger partial charge in [-0.2, -0.15) is 0 Å². The van der Waals surface area contributed by atoms with Crippen LogP contribution in [0.25, 0.3) is 0 Å². The molecule has 2 N–H and O–H groups in total. The summed E-state index contributed by atoms with van der Waals surface area (Å²) in [6.45, 7) is 13.9. The highest BCUT2D eigenvalue weighted by Gasteiger charge is 2.20. The third kappa shape index (κ3) is 6.79. The molecule has 0 unspecified atom stereocenters. The van der Waals surface area contributed by atoms with Crippen LogP contribution < -0.4 is 5.32 Å². The summed E-state index contributed by atoms with van der Waals surface area (Å²) in [6.07, 6.45) is 0. The Morgan fingerprint density at radius 3 is 1.97 bits per heavy atom.